The van der Waals surface area contributed by atoms with Gasteiger partial charge in [-0.15, -0.1) is 0 Å². The van der Waals surface area contributed by atoms with E-state index in [0.29, 0.717) is 5.69 Å². The first-order valence-corrected chi connectivity index (χ1v) is 7.63. The minimum atomic E-state index is 0.00859. The first-order valence-electron chi connectivity index (χ1n) is 6.83. The third-order valence-electron chi connectivity index (χ3n) is 4.18. The van der Waals surface area contributed by atoms with Crippen LogP contribution in [0.4, 0.5) is 11.5 Å². The van der Waals surface area contributed by atoms with Crippen LogP contribution in [-0.4, -0.2) is 23.2 Å². The van der Waals surface area contributed by atoms with E-state index >= 15 is 0 Å². The molecule has 2 rings (SSSR count). The average molecular weight is 328 g/mol. The van der Waals surface area contributed by atoms with Gasteiger partial charge >= 0.3 is 0 Å². The van der Waals surface area contributed by atoms with Crippen LogP contribution in [0.3, 0.4) is 0 Å². The molecule has 0 spiro atoms. The molecule has 0 aliphatic heterocycles. The lowest BCUT2D eigenvalue weighted by Crippen LogP contribution is -2.35. The first-order chi connectivity index (χ1) is 9.08. The van der Waals surface area contributed by atoms with Crippen molar-refractivity contribution in [3.8, 4) is 0 Å². The summed E-state index contributed by atoms with van der Waals surface area (Å²) in [6, 6.07) is 0. The molecule has 0 atom stereocenters. The lowest BCUT2D eigenvalue weighted by molar-refractivity contribution is 0.0943. The minimum Gasteiger partial charge on any atom is -0.397 e. The molecule has 1 fully saturated rings. The second-order valence-electron chi connectivity index (χ2n) is 5.57. The molecule has 1 aliphatic rings. The molecule has 0 unspecified atom stereocenters. The Hall–Kier alpha value is -0.810. The van der Waals surface area contributed by atoms with Crippen LogP contribution in [-0.2, 0) is 0 Å². The smallest absolute Gasteiger partial charge is 0.140 e. The summed E-state index contributed by atoms with van der Waals surface area (Å²) in [7, 11) is 0. The van der Waals surface area contributed by atoms with Crippen LogP contribution >= 0.6 is 15.9 Å². The zero-order valence-electron chi connectivity index (χ0n) is 11.4. The molecule has 0 aromatic carbocycles. The second kappa shape index (κ2) is 6.09. The topological polar surface area (TPSA) is 71.2 Å². The Morgan fingerprint density at radius 1 is 1.42 bits per heavy atom. The van der Waals surface area contributed by atoms with Crippen LogP contribution in [0.2, 0.25) is 0 Å². The molecule has 4 nitrogen and oxygen atoms in total. The third-order valence-corrected chi connectivity index (χ3v) is 5.15. The number of aliphatic hydroxyl groups excluding tert-OH is 1. The fraction of sp³-hybridized carbons (Fsp3) is 0.643. The van der Waals surface area contributed by atoms with Crippen LogP contribution in [0, 0.1) is 12.3 Å². The number of aromatic nitrogens is 1. The van der Waals surface area contributed by atoms with E-state index in [1.54, 1.807) is 6.20 Å². The molecule has 0 saturated heterocycles. The summed E-state index contributed by atoms with van der Waals surface area (Å²) in [5, 5.41) is 13.1. The number of hydrogen-bond donors (Lipinski definition) is 3. The van der Waals surface area contributed by atoms with E-state index < -0.39 is 0 Å². The number of nitrogens with one attached hydrogen (secondary N) is 1. The van der Waals surface area contributed by atoms with E-state index in [9.17, 15) is 5.11 Å². The second-order valence-corrected chi connectivity index (χ2v) is 6.37. The number of nitrogens with zero attached hydrogens (tertiary/aromatic N) is 1. The highest BCUT2D eigenvalue weighted by Crippen LogP contribution is 2.37. The molecular formula is C14H22BrN3O. The van der Waals surface area contributed by atoms with Gasteiger partial charge in [0.2, 0.25) is 0 Å². The normalized spacial score (nSPS) is 18.3. The average Bonchev–Trinajstić information content (AvgIpc) is 2.45. The van der Waals surface area contributed by atoms with Gasteiger partial charge in [-0.3, -0.25) is 0 Å². The molecule has 0 amide bonds. The van der Waals surface area contributed by atoms with E-state index in [0.717, 1.165) is 35.2 Å². The number of pyridine rings is 1. The van der Waals surface area contributed by atoms with Gasteiger partial charge in [0.25, 0.3) is 0 Å². The van der Waals surface area contributed by atoms with Crippen molar-refractivity contribution < 1.29 is 5.11 Å². The predicted octanol–water partition coefficient (Wildman–Crippen LogP) is 3.09. The Morgan fingerprint density at radius 2 is 2.11 bits per heavy atom. The van der Waals surface area contributed by atoms with E-state index in [4.69, 9.17) is 5.73 Å². The molecule has 1 aromatic heterocycles. The molecule has 1 saturated carbocycles. The van der Waals surface area contributed by atoms with Gasteiger partial charge in [-0.05, 0) is 41.3 Å². The highest BCUT2D eigenvalue weighted by molar-refractivity contribution is 9.10. The molecule has 5 heteroatoms. The van der Waals surface area contributed by atoms with Crippen molar-refractivity contribution in [3.05, 3.63) is 16.2 Å². The van der Waals surface area contributed by atoms with Gasteiger partial charge in [0, 0.05) is 12.0 Å². The maximum Gasteiger partial charge on any atom is 0.140 e. The van der Waals surface area contributed by atoms with Crippen molar-refractivity contribution in [2.75, 3.05) is 24.2 Å². The number of aliphatic hydroxyl groups is 1. The van der Waals surface area contributed by atoms with Gasteiger partial charge in [0.15, 0.2) is 0 Å². The highest BCUT2D eigenvalue weighted by atomic mass is 79.9. The number of anilines is 2. The molecule has 1 aliphatic carbocycles. The predicted molar refractivity (Wildman–Crippen MR) is 82.2 cm³/mol. The number of rotatable bonds is 4. The van der Waals surface area contributed by atoms with Crippen LogP contribution in [0.15, 0.2) is 10.7 Å². The highest BCUT2D eigenvalue weighted by Gasteiger charge is 2.31. The van der Waals surface area contributed by atoms with Gasteiger partial charge in [-0.1, -0.05) is 19.3 Å². The van der Waals surface area contributed by atoms with Gasteiger partial charge in [0.1, 0.15) is 5.82 Å². The van der Waals surface area contributed by atoms with Crippen LogP contribution in [0.1, 0.15) is 37.7 Å². The molecule has 4 N–H and O–H groups in total. The van der Waals surface area contributed by atoms with Crippen molar-refractivity contribution in [2.45, 2.75) is 39.0 Å². The Morgan fingerprint density at radius 3 is 2.74 bits per heavy atom. The third kappa shape index (κ3) is 3.20. The lowest BCUT2D eigenvalue weighted by Gasteiger charge is -2.36. The first kappa shape index (κ1) is 14.6. The standard InChI is InChI=1S/C14H22BrN3O/c1-10-11(16)7-17-13(12(10)15)18-8-14(9-19)5-3-2-4-6-14/h7,19H,2-6,8-9,16H2,1H3,(H,17,18). The summed E-state index contributed by atoms with van der Waals surface area (Å²) in [4.78, 5) is 4.32. The molecule has 1 heterocycles. The molecule has 106 valence electrons. The largest absolute Gasteiger partial charge is 0.397 e. The van der Waals surface area contributed by atoms with Gasteiger partial charge in [-0.2, -0.15) is 0 Å². The van der Waals surface area contributed by atoms with Crippen LogP contribution in [0.25, 0.3) is 0 Å². The van der Waals surface area contributed by atoms with E-state index in [1.807, 2.05) is 6.92 Å². The Bertz CT molecular complexity index is 445. The maximum atomic E-state index is 9.70. The molecule has 19 heavy (non-hydrogen) atoms. The summed E-state index contributed by atoms with van der Waals surface area (Å²) < 4.78 is 0.913. The molecular weight excluding hydrogens is 306 g/mol. The summed E-state index contributed by atoms with van der Waals surface area (Å²) in [5.74, 6) is 0.810. The van der Waals surface area contributed by atoms with E-state index in [2.05, 4.69) is 26.2 Å². The zero-order chi connectivity index (χ0) is 13.9. The quantitative estimate of drug-likeness (QED) is 0.794. The van der Waals surface area contributed by atoms with Crippen molar-refractivity contribution in [1.82, 2.24) is 4.98 Å². The lowest BCUT2D eigenvalue weighted by atomic mass is 9.74. The Balaban J connectivity index is 2.07. The van der Waals surface area contributed by atoms with Gasteiger partial charge in [0.05, 0.1) is 23.0 Å². The molecule has 0 radical (unpaired) electrons. The van der Waals surface area contributed by atoms with Crippen molar-refractivity contribution in [1.29, 1.82) is 0 Å². The number of nitrogens with two attached hydrogens (primary N) is 1. The fourth-order valence-corrected chi connectivity index (χ4v) is 3.15. The van der Waals surface area contributed by atoms with Crippen LogP contribution < -0.4 is 11.1 Å². The monoisotopic (exact) mass is 327 g/mol. The van der Waals surface area contributed by atoms with E-state index in [-0.39, 0.29) is 12.0 Å². The van der Waals surface area contributed by atoms with Gasteiger partial charge in [-0.25, -0.2) is 4.98 Å². The number of nitrogen functional groups attached to an aromatic ring is 1. The van der Waals surface area contributed by atoms with E-state index in [1.165, 1.54) is 19.3 Å². The zero-order valence-corrected chi connectivity index (χ0v) is 13.0. The fourth-order valence-electron chi connectivity index (χ4n) is 2.68. The van der Waals surface area contributed by atoms with Gasteiger partial charge < -0.3 is 16.2 Å². The Labute approximate surface area is 122 Å². The molecule has 1 aromatic rings. The Kier molecular flexibility index (Phi) is 4.68. The van der Waals surface area contributed by atoms with Crippen molar-refractivity contribution >= 4 is 27.4 Å². The maximum absolute atomic E-state index is 9.70. The summed E-state index contributed by atoms with van der Waals surface area (Å²) in [6.45, 7) is 2.97. The SMILES string of the molecule is Cc1c(N)cnc(NCC2(CO)CCCCC2)c1Br. The summed E-state index contributed by atoms with van der Waals surface area (Å²) in [6.07, 6.45) is 7.54. The van der Waals surface area contributed by atoms with Crippen LogP contribution in [0.5, 0.6) is 0 Å². The summed E-state index contributed by atoms with van der Waals surface area (Å²) >= 11 is 3.53. The summed E-state index contributed by atoms with van der Waals surface area (Å²) in [5.41, 5.74) is 7.52. The minimum absolute atomic E-state index is 0.00859. The number of hydrogen-bond acceptors (Lipinski definition) is 4. The van der Waals surface area contributed by atoms with Crippen molar-refractivity contribution in [3.63, 3.8) is 0 Å². The number of halogens is 1. The molecule has 0 bridgehead atoms. The van der Waals surface area contributed by atoms with Crippen molar-refractivity contribution in [2.24, 2.45) is 5.41 Å².